The van der Waals surface area contributed by atoms with Crippen LogP contribution < -0.4 is 3.52 Å². The molecule has 6 heteroatoms. The van der Waals surface area contributed by atoms with E-state index in [1.54, 1.807) is 0 Å². The summed E-state index contributed by atoms with van der Waals surface area (Å²) in [7, 11) is -3.73. The van der Waals surface area contributed by atoms with Gasteiger partial charge in [0.05, 0.1) is 0 Å². The summed E-state index contributed by atoms with van der Waals surface area (Å²) in [5.74, 6) is -0.0534. The third-order valence-corrected chi connectivity index (χ3v) is 14.0. The first-order valence-electron chi connectivity index (χ1n) is 17.9. The van der Waals surface area contributed by atoms with Gasteiger partial charge in [-0.1, -0.05) is 0 Å². The van der Waals surface area contributed by atoms with Crippen LogP contribution in [0.2, 0.25) is 0 Å². The molecule has 0 spiro atoms. The molecule has 5 rings (SSSR count). The average Bonchev–Trinajstić information content (AvgIpc) is 3.05. The van der Waals surface area contributed by atoms with Gasteiger partial charge in [-0.2, -0.15) is 0 Å². The molecule has 0 saturated heterocycles. The van der Waals surface area contributed by atoms with Gasteiger partial charge in [0, 0.05) is 0 Å². The Labute approximate surface area is 317 Å². The topological polar surface area (TPSA) is 30.9 Å². The molecule has 0 unspecified atom stereocenters. The Bertz CT molecular complexity index is 1730. The van der Waals surface area contributed by atoms with E-state index in [1.807, 2.05) is 0 Å². The van der Waals surface area contributed by atoms with Crippen molar-refractivity contribution in [1.82, 2.24) is 0 Å². The normalized spacial score (nSPS) is 12.8. The van der Waals surface area contributed by atoms with Crippen molar-refractivity contribution in [3.63, 3.8) is 0 Å². The first-order valence-corrected chi connectivity index (χ1v) is 20.5. The standard InChI is InChI=1S/C45H54GeNO3Si/c1-33-31-39(42(36-27-19-13-20-28-36)37-29-21-14-22-30-37)40(32-38(33)41(34-23-15-11-16-24-34)35-25-17-12-18-26-35)47(46)51(48-43(2,3)4,49-44(5,6)7)50-45(8,9)10/h11-32,41-42H,1-10H3. The summed E-state index contributed by atoms with van der Waals surface area (Å²) in [6, 6.07) is 48.0. The summed E-state index contributed by atoms with van der Waals surface area (Å²) < 4.78 is 23.7. The molecule has 0 aromatic heterocycles. The molecule has 0 aliphatic carbocycles. The maximum atomic E-state index is 7.16. The zero-order chi connectivity index (χ0) is 37.0. The van der Waals surface area contributed by atoms with Crippen molar-refractivity contribution < 1.29 is 13.3 Å². The van der Waals surface area contributed by atoms with Gasteiger partial charge in [0.2, 0.25) is 0 Å². The number of hydrogen-bond donors (Lipinski definition) is 0. The predicted molar refractivity (Wildman–Crippen MR) is 215 cm³/mol. The Morgan fingerprint density at radius 1 is 0.471 bits per heavy atom. The molecule has 0 aliphatic rings. The summed E-state index contributed by atoms with van der Waals surface area (Å²) >= 11 is 2.11. The molecular weight excluding hydrogens is 703 g/mol. The molecular formula is C45H54GeNO3Si. The molecule has 0 amide bonds. The third-order valence-electron chi connectivity index (χ3n) is 8.39. The minimum atomic E-state index is -3.73. The molecule has 0 saturated carbocycles. The van der Waals surface area contributed by atoms with Crippen molar-refractivity contribution >= 4 is 31.4 Å². The van der Waals surface area contributed by atoms with Crippen molar-refractivity contribution in [2.75, 3.05) is 3.52 Å². The van der Waals surface area contributed by atoms with Gasteiger partial charge in [0.25, 0.3) is 0 Å². The number of anilines is 1. The van der Waals surface area contributed by atoms with E-state index in [4.69, 9.17) is 13.3 Å². The molecule has 51 heavy (non-hydrogen) atoms. The second-order valence-corrected chi connectivity index (χ2v) is 20.3. The third kappa shape index (κ3) is 9.91. The first-order chi connectivity index (χ1) is 24.0. The molecule has 3 radical (unpaired) electrons. The summed E-state index contributed by atoms with van der Waals surface area (Å²) in [6.07, 6.45) is 0. The van der Waals surface area contributed by atoms with Crippen LogP contribution in [0, 0.1) is 6.92 Å². The van der Waals surface area contributed by atoms with Crippen LogP contribution in [0.15, 0.2) is 133 Å². The molecule has 0 N–H and O–H groups in total. The maximum absolute atomic E-state index is 7.16. The van der Waals surface area contributed by atoms with E-state index >= 15 is 0 Å². The molecule has 0 fully saturated rings. The second-order valence-electron chi connectivity index (χ2n) is 16.3. The van der Waals surface area contributed by atoms with E-state index < -0.39 is 25.8 Å². The van der Waals surface area contributed by atoms with E-state index in [0.717, 1.165) is 5.69 Å². The Morgan fingerprint density at radius 2 is 0.765 bits per heavy atom. The van der Waals surface area contributed by atoms with Crippen LogP contribution in [0.5, 0.6) is 0 Å². The van der Waals surface area contributed by atoms with Gasteiger partial charge in [-0.3, -0.25) is 0 Å². The van der Waals surface area contributed by atoms with E-state index in [9.17, 15) is 0 Å². The van der Waals surface area contributed by atoms with Crippen LogP contribution in [0.4, 0.5) is 5.69 Å². The second kappa shape index (κ2) is 15.6. The van der Waals surface area contributed by atoms with Crippen LogP contribution >= 0.6 is 0 Å². The van der Waals surface area contributed by atoms with Crippen LogP contribution in [0.25, 0.3) is 0 Å². The van der Waals surface area contributed by atoms with E-state index in [-0.39, 0.29) is 11.8 Å². The SMILES string of the molecule is Cc1cc(C(c2ccccc2)c2ccccc2)c([N]([Ge])[Si](OC(C)(C)C)(OC(C)(C)C)OC(C)(C)C)cc1C(c1ccccc1)c1ccccc1. The van der Waals surface area contributed by atoms with Gasteiger partial charge in [0.15, 0.2) is 0 Å². The van der Waals surface area contributed by atoms with Gasteiger partial charge >= 0.3 is 318 Å². The number of hydrogen-bond acceptors (Lipinski definition) is 4. The van der Waals surface area contributed by atoms with Crippen LogP contribution in [-0.2, 0) is 13.3 Å². The Hall–Kier alpha value is -3.46. The van der Waals surface area contributed by atoms with Crippen molar-refractivity contribution in [3.8, 4) is 0 Å². The van der Waals surface area contributed by atoms with E-state index in [0.29, 0.717) is 0 Å². The van der Waals surface area contributed by atoms with Crippen LogP contribution in [0.3, 0.4) is 0 Å². The number of rotatable bonds is 11. The number of benzene rings is 5. The van der Waals surface area contributed by atoms with E-state index in [2.05, 4.69) is 223 Å². The number of nitrogens with zero attached hydrogens (tertiary/aromatic N) is 1. The fourth-order valence-corrected chi connectivity index (χ4v) is 11.1. The average molecular weight is 758 g/mol. The van der Waals surface area contributed by atoms with Gasteiger partial charge in [-0.05, 0) is 0 Å². The van der Waals surface area contributed by atoms with Gasteiger partial charge in [-0.15, -0.1) is 0 Å². The quantitative estimate of drug-likeness (QED) is 0.0992. The molecule has 0 bridgehead atoms. The fourth-order valence-electron chi connectivity index (χ4n) is 6.66. The van der Waals surface area contributed by atoms with Crippen molar-refractivity contribution in [3.05, 3.63) is 172 Å². The van der Waals surface area contributed by atoms with Crippen molar-refractivity contribution in [2.24, 2.45) is 0 Å². The van der Waals surface area contributed by atoms with E-state index in [1.165, 1.54) is 38.9 Å². The molecule has 5 aromatic carbocycles. The Balaban J connectivity index is 1.89. The molecule has 4 nitrogen and oxygen atoms in total. The molecule has 0 aliphatic heterocycles. The summed E-state index contributed by atoms with van der Waals surface area (Å²) in [5.41, 5.74) is 7.87. The fraction of sp³-hybridized carbons (Fsp3) is 0.333. The minimum absolute atomic E-state index is 0.00664. The zero-order valence-corrected chi connectivity index (χ0v) is 35.1. The Kier molecular flexibility index (Phi) is 11.9. The first kappa shape index (κ1) is 38.8. The predicted octanol–water partition coefficient (Wildman–Crippen LogP) is 11.1. The molecule has 5 aromatic rings. The van der Waals surface area contributed by atoms with Crippen molar-refractivity contribution in [2.45, 2.75) is 97.9 Å². The van der Waals surface area contributed by atoms with Crippen molar-refractivity contribution in [1.29, 1.82) is 0 Å². The molecule has 0 atom stereocenters. The van der Waals surface area contributed by atoms with Crippen LogP contribution in [-0.4, -0.2) is 42.5 Å². The van der Waals surface area contributed by atoms with Crippen LogP contribution in [0.1, 0.15) is 113 Å². The monoisotopic (exact) mass is 758 g/mol. The summed E-state index contributed by atoms with van der Waals surface area (Å²) in [6.45, 7) is 21.0. The molecule has 0 heterocycles. The Morgan fingerprint density at radius 3 is 1.06 bits per heavy atom. The number of aryl methyl sites for hydroxylation is 1. The summed E-state index contributed by atoms with van der Waals surface area (Å²) in [4.78, 5) is 0. The van der Waals surface area contributed by atoms with Gasteiger partial charge in [-0.25, -0.2) is 0 Å². The molecule has 265 valence electrons. The summed E-state index contributed by atoms with van der Waals surface area (Å²) in [5, 5.41) is 0. The zero-order valence-electron chi connectivity index (χ0n) is 32.0. The van der Waals surface area contributed by atoms with Gasteiger partial charge < -0.3 is 0 Å². The van der Waals surface area contributed by atoms with Gasteiger partial charge in [0.1, 0.15) is 0 Å².